The summed E-state index contributed by atoms with van der Waals surface area (Å²) in [5.41, 5.74) is 1.44. The first-order chi connectivity index (χ1) is 7.40. The average Bonchev–Trinajstić information content (AvgIpc) is 2.16. The highest BCUT2D eigenvalue weighted by Gasteiger charge is 2.27. The van der Waals surface area contributed by atoms with E-state index in [0.717, 1.165) is 0 Å². The molecule has 8 heteroatoms. The number of pyridine rings is 1. The molecule has 0 aromatic carbocycles. The van der Waals surface area contributed by atoms with Crippen molar-refractivity contribution in [2.24, 2.45) is 0 Å². The van der Waals surface area contributed by atoms with Crippen LogP contribution in [-0.2, 0) is 10.8 Å². The van der Waals surface area contributed by atoms with Crippen molar-refractivity contribution in [1.82, 2.24) is 4.98 Å². The molecule has 1 rings (SSSR count). The van der Waals surface area contributed by atoms with Gasteiger partial charge >= 0.3 is 5.51 Å². The molecule has 0 amide bonds. The van der Waals surface area contributed by atoms with Crippen LogP contribution in [0.1, 0.15) is 0 Å². The molecular formula is C8H9F3N2OS2. The molecule has 0 aliphatic carbocycles. The number of rotatable bonds is 4. The number of alkyl halides is 3. The molecule has 16 heavy (non-hydrogen) atoms. The van der Waals surface area contributed by atoms with Crippen molar-refractivity contribution in [3.05, 3.63) is 18.5 Å². The number of hydrogen-bond donors (Lipinski definition) is 1. The molecular weight excluding hydrogens is 261 g/mol. The molecule has 0 saturated heterocycles. The van der Waals surface area contributed by atoms with Gasteiger partial charge in [0.15, 0.2) is 0 Å². The second kappa shape index (κ2) is 5.53. The molecule has 3 nitrogen and oxygen atoms in total. The molecule has 2 N–H and O–H groups in total. The number of nitrogens with zero attached hydrogens (tertiary/aromatic N) is 1. The molecule has 0 aliphatic heterocycles. The highest BCUT2D eigenvalue weighted by molar-refractivity contribution is 8.00. The standard InChI is InChI=1S/C8H9F3N2OS2/c9-8(10,11)15-3-4-16(14)7-1-2-13-5-6(7)12/h1-2,5H,3-4,12H2. The van der Waals surface area contributed by atoms with Crippen LogP contribution < -0.4 is 5.73 Å². The highest BCUT2D eigenvalue weighted by atomic mass is 32.2. The van der Waals surface area contributed by atoms with E-state index in [4.69, 9.17) is 5.73 Å². The lowest BCUT2D eigenvalue weighted by molar-refractivity contribution is -0.0326. The van der Waals surface area contributed by atoms with Crippen LogP contribution in [-0.4, -0.2) is 26.2 Å². The predicted molar refractivity (Wildman–Crippen MR) is 58.4 cm³/mol. The summed E-state index contributed by atoms with van der Waals surface area (Å²) in [6.45, 7) is 0. The summed E-state index contributed by atoms with van der Waals surface area (Å²) in [6.07, 6.45) is 2.73. The molecule has 0 spiro atoms. The van der Waals surface area contributed by atoms with Gasteiger partial charge in [0.25, 0.3) is 0 Å². The van der Waals surface area contributed by atoms with Crippen LogP contribution in [0.5, 0.6) is 0 Å². The minimum atomic E-state index is -4.28. The molecule has 0 fully saturated rings. The number of halogens is 3. The van der Waals surface area contributed by atoms with Crippen LogP contribution in [0.15, 0.2) is 23.4 Å². The van der Waals surface area contributed by atoms with Crippen molar-refractivity contribution in [3.8, 4) is 0 Å². The van der Waals surface area contributed by atoms with Crippen molar-refractivity contribution in [2.75, 3.05) is 17.2 Å². The predicted octanol–water partition coefficient (Wildman–Crippen LogP) is 2.02. The lowest BCUT2D eigenvalue weighted by Gasteiger charge is -2.06. The van der Waals surface area contributed by atoms with Crippen molar-refractivity contribution in [3.63, 3.8) is 0 Å². The van der Waals surface area contributed by atoms with E-state index in [-0.39, 0.29) is 29.0 Å². The first kappa shape index (κ1) is 13.3. The molecule has 0 radical (unpaired) electrons. The topological polar surface area (TPSA) is 56.0 Å². The van der Waals surface area contributed by atoms with E-state index in [9.17, 15) is 17.4 Å². The van der Waals surface area contributed by atoms with Crippen LogP contribution in [0.3, 0.4) is 0 Å². The van der Waals surface area contributed by atoms with Gasteiger partial charge in [-0.2, -0.15) is 13.2 Å². The molecule has 90 valence electrons. The zero-order valence-electron chi connectivity index (χ0n) is 8.03. The van der Waals surface area contributed by atoms with Crippen LogP contribution in [0.4, 0.5) is 18.9 Å². The Morgan fingerprint density at radius 3 is 2.75 bits per heavy atom. The van der Waals surface area contributed by atoms with Gasteiger partial charge in [-0.25, -0.2) is 0 Å². The van der Waals surface area contributed by atoms with E-state index in [1.165, 1.54) is 18.5 Å². The first-order valence-electron chi connectivity index (χ1n) is 4.18. The second-order valence-electron chi connectivity index (χ2n) is 2.76. The summed E-state index contributed by atoms with van der Waals surface area (Å²) < 4.78 is 47.0. The Balaban J connectivity index is 2.51. The molecule has 1 aromatic heterocycles. The van der Waals surface area contributed by atoms with Crippen LogP contribution in [0.2, 0.25) is 0 Å². The number of hydrogen-bond acceptors (Lipinski definition) is 4. The molecule has 0 saturated carbocycles. The largest absolute Gasteiger partial charge is 0.441 e. The number of nitrogens with two attached hydrogens (primary N) is 1. The lowest BCUT2D eigenvalue weighted by Crippen LogP contribution is -2.08. The third-order valence-electron chi connectivity index (χ3n) is 1.59. The van der Waals surface area contributed by atoms with Crippen LogP contribution in [0, 0.1) is 0 Å². The third kappa shape index (κ3) is 4.40. The molecule has 1 aromatic rings. The summed E-state index contributed by atoms with van der Waals surface area (Å²) in [5, 5.41) is 0. The second-order valence-corrected chi connectivity index (χ2v) is 5.46. The van der Waals surface area contributed by atoms with E-state index in [0.29, 0.717) is 4.90 Å². The number of nitrogen functional groups attached to an aromatic ring is 1. The van der Waals surface area contributed by atoms with E-state index < -0.39 is 16.3 Å². The maximum atomic E-state index is 11.8. The van der Waals surface area contributed by atoms with E-state index in [1.807, 2.05) is 0 Å². The fourth-order valence-electron chi connectivity index (χ4n) is 0.944. The SMILES string of the molecule is Nc1cnccc1S(=O)CCSC(F)(F)F. The first-order valence-corrected chi connectivity index (χ1v) is 6.49. The van der Waals surface area contributed by atoms with Gasteiger partial charge in [-0.15, -0.1) is 0 Å². The quantitative estimate of drug-likeness (QED) is 0.909. The summed E-state index contributed by atoms with van der Waals surface area (Å²) in [6, 6.07) is 1.45. The maximum Gasteiger partial charge on any atom is 0.441 e. The van der Waals surface area contributed by atoms with Crippen molar-refractivity contribution < 1.29 is 17.4 Å². The number of anilines is 1. The Labute approximate surface area is 97.1 Å². The minimum absolute atomic E-state index is 0.0849. The Hall–Kier alpha value is -0.760. The zero-order chi connectivity index (χ0) is 12.2. The van der Waals surface area contributed by atoms with Gasteiger partial charge in [-0.3, -0.25) is 9.19 Å². The van der Waals surface area contributed by atoms with Gasteiger partial charge < -0.3 is 5.73 Å². The van der Waals surface area contributed by atoms with Gasteiger partial charge in [-0.1, -0.05) is 11.8 Å². The molecule has 1 unspecified atom stereocenters. The summed E-state index contributed by atoms with van der Waals surface area (Å²) in [4.78, 5) is 4.03. The summed E-state index contributed by atoms with van der Waals surface area (Å²) in [7, 11) is -1.52. The molecule has 1 atom stereocenters. The number of thioether (sulfide) groups is 1. The Morgan fingerprint density at radius 2 is 2.19 bits per heavy atom. The monoisotopic (exact) mass is 270 g/mol. The van der Waals surface area contributed by atoms with E-state index in [2.05, 4.69) is 4.98 Å². The normalized spacial score (nSPS) is 13.7. The fraction of sp³-hybridized carbons (Fsp3) is 0.375. The van der Waals surface area contributed by atoms with Gasteiger partial charge in [-0.05, 0) is 6.07 Å². The Morgan fingerprint density at radius 1 is 1.50 bits per heavy atom. The molecule has 0 aliphatic rings. The third-order valence-corrected chi connectivity index (χ3v) is 4.02. The molecule has 1 heterocycles. The Kier molecular flexibility index (Phi) is 4.60. The van der Waals surface area contributed by atoms with Crippen molar-refractivity contribution in [2.45, 2.75) is 10.4 Å². The zero-order valence-corrected chi connectivity index (χ0v) is 9.66. The van der Waals surface area contributed by atoms with E-state index >= 15 is 0 Å². The van der Waals surface area contributed by atoms with Crippen molar-refractivity contribution in [1.29, 1.82) is 0 Å². The minimum Gasteiger partial charge on any atom is -0.396 e. The molecule has 0 bridgehead atoms. The van der Waals surface area contributed by atoms with Crippen LogP contribution in [0.25, 0.3) is 0 Å². The van der Waals surface area contributed by atoms with Gasteiger partial charge in [0.2, 0.25) is 0 Å². The maximum absolute atomic E-state index is 11.8. The highest BCUT2D eigenvalue weighted by Crippen LogP contribution is 2.30. The summed E-state index contributed by atoms with van der Waals surface area (Å²) in [5.74, 6) is -0.337. The smallest absolute Gasteiger partial charge is 0.396 e. The van der Waals surface area contributed by atoms with Crippen LogP contribution >= 0.6 is 11.8 Å². The van der Waals surface area contributed by atoms with Gasteiger partial charge in [0.1, 0.15) is 0 Å². The average molecular weight is 270 g/mol. The summed E-state index contributed by atoms with van der Waals surface area (Å²) >= 11 is -0.187. The van der Waals surface area contributed by atoms with Gasteiger partial charge in [0, 0.05) is 17.7 Å². The lowest BCUT2D eigenvalue weighted by atomic mass is 10.4. The van der Waals surface area contributed by atoms with E-state index in [1.54, 1.807) is 0 Å². The fourth-order valence-corrected chi connectivity index (χ4v) is 2.86. The number of aromatic nitrogens is 1. The van der Waals surface area contributed by atoms with Gasteiger partial charge in [0.05, 0.1) is 27.6 Å². The van der Waals surface area contributed by atoms with Crippen molar-refractivity contribution >= 4 is 28.2 Å². The Bertz CT molecular complexity index is 384.